The molecule has 0 saturated carbocycles. The molecule has 0 radical (unpaired) electrons. The summed E-state index contributed by atoms with van der Waals surface area (Å²) in [5.74, 6) is 0.795. The van der Waals surface area contributed by atoms with Crippen LogP contribution >= 0.6 is 0 Å². The highest BCUT2D eigenvalue weighted by Gasteiger charge is 2.08. The highest BCUT2D eigenvalue weighted by Crippen LogP contribution is 2.29. The molecule has 0 fully saturated rings. The van der Waals surface area contributed by atoms with Crippen molar-refractivity contribution < 1.29 is 9.53 Å². The minimum Gasteiger partial charge on any atom is -0.497 e. The molecule has 3 rings (SSSR count). The van der Waals surface area contributed by atoms with Crippen LogP contribution in [0.5, 0.6) is 5.75 Å². The van der Waals surface area contributed by atoms with Crippen LogP contribution in [0.4, 0.5) is 0 Å². The van der Waals surface area contributed by atoms with Crippen LogP contribution in [-0.2, 0) is 0 Å². The summed E-state index contributed by atoms with van der Waals surface area (Å²) in [5, 5.41) is 1.04. The van der Waals surface area contributed by atoms with Gasteiger partial charge in [0, 0.05) is 28.7 Å². The van der Waals surface area contributed by atoms with Gasteiger partial charge in [0.25, 0.3) is 0 Å². The molecule has 0 saturated heterocycles. The molecule has 2 heterocycles. The van der Waals surface area contributed by atoms with Crippen LogP contribution in [0, 0.1) is 0 Å². The number of aromatic amines is 1. The van der Waals surface area contributed by atoms with Crippen molar-refractivity contribution >= 4 is 17.2 Å². The second-order valence-corrected chi connectivity index (χ2v) is 4.06. The Kier molecular flexibility index (Phi) is 2.72. The predicted molar refractivity (Wildman–Crippen MR) is 71.3 cm³/mol. The molecular weight excluding hydrogens is 242 g/mol. The van der Waals surface area contributed by atoms with Crippen molar-refractivity contribution in [2.24, 2.45) is 0 Å². The Morgan fingerprint density at radius 2 is 2.16 bits per heavy atom. The van der Waals surface area contributed by atoms with E-state index in [0.717, 1.165) is 27.9 Å². The number of H-pyrrole nitrogens is 1. The van der Waals surface area contributed by atoms with Crippen molar-refractivity contribution in [3.63, 3.8) is 0 Å². The summed E-state index contributed by atoms with van der Waals surface area (Å²) in [7, 11) is 1.63. The fraction of sp³-hybridized carbons (Fsp3) is 0.0714. The van der Waals surface area contributed by atoms with Crippen molar-refractivity contribution in [1.29, 1.82) is 0 Å². The van der Waals surface area contributed by atoms with E-state index in [2.05, 4.69) is 15.0 Å². The standard InChI is InChI=1S/C14H11N3O2/c1-19-10-2-3-11-12(6-17-13(11)4-10)14-7-15-9(8-18)5-16-14/h2-8,17H,1H3. The third-order valence-electron chi connectivity index (χ3n) is 2.96. The van der Waals surface area contributed by atoms with Gasteiger partial charge in [0.15, 0.2) is 6.29 Å². The maximum absolute atomic E-state index is 10.6. The van der Waals surface area contributed by atoms with E-state index in [1.165, 1.54) is 6.20 Å². The van der Waals surface area contributed by atoms with E-state index < -0.39 is 0 Å². The molecule has 19 heavy (non-hydrogen) atoms. The van der Waals surface area contributed by atoms with Crippen LogP contribution in [0.3, 0.4) is 0 Å². The van der Waals surface area contributed by atoms with Crippen LogP contribution < -0.4 is 4.74 Å². The largest absolute Gasteiger partial charge is 0.497 e. The number of aldehydes is 1. The van der Waals surface area contributed by atoms with Crippen molar-refractivity contribution in [1.82, 2.24) is 15.0 Å². The van der Waals surface area contributed by atoms with Gasteiger partial charge in [0.1, 0.15) is 11.4 Å². The minimum absolute atomic E-state index is 0.324. The molecule has 94 valence electrons. The average Bonchev–Trinajstić information content (AvgIpc) is 2.90. The number of aromatic nitrogens is 3. The summed E-state index contributed by atoms with van der Waals surface area (Å²) in [6.07, 6.45) is 5.60. The van der Waals surface area contributed by atoms with E-state index in [0.29, 0.717) is 12.0 Å². The normalized spacial score (nSPS) is 10.6. The number of nitrogens with zero attached hydrogens (tertiary/aromatic N) is 2. The lowest BCUT2D eigenvalue weighted by atomic mass is 10.1. The molecule has 0 aliphatic rings. The lowest BCUT2D eigenvalue weighted by Gasteiger charge is -2.01. The molecule has 2 aromatic heterocycles. The van der Waals surface area contributed by atoms with Gasteiger partial charge in [0.2, 0.25) is 0 Å². The molecule has 1 aromatic carbocycles. The van der Waals surface area contributed by atoms with Gasteiger partial charge in [-0.1, -0.05) is 0 Å². The van der Waals surface area contributed by atoms with E-state index in [1.54, 1.807) is 13.3 Å². The fourth-order valence-corrected chi connectivity index (χ4v) is 1.98. The Hall–Kier alpha value is -2.69. The van der Waals surface area contributed by atoms with Gasteiger partial charge in [0.05, 0.1) is 25.2 Å². The van der Waals surface area contributed by atoms with Crippen LogP contribution in [0.1, 0.15) is 10.5 Å². The lowest BCUT2D eigenvalue weighted by Crippen LogP contribution is -1.90. The maximum atomic E-state index is 10.6. The zero-order valence-electron chi connectivity index (χ0n) is 10.3. The zero-order chi connectivity index (χ0) is 13.2. The number of hydrogen-bond acceptors (Lipinski definition) is 4. The number of rotatable bonds is 3. The summed E-state index contributed by atoms with van der Waals surface area (Å²) in [6, 6.07) is 5.79. The monoisotopic (exact) mass is 253 g/mol. The number of hydrogen-bond donors (Lipinski definition) is 1. The number of fused-ring (bicyclic) bond motifs is 1. The van der Waals surface area contributed by atoms with Gasteiger partial charge < -0.3 is 9.72 Å². The number of methoxy groups -OCH3 is 1. The molecule has 3 aromatic rings. The zero-order valence-corrected chi connectivity index (χ0v) is 10.3. The highest BCUT2D eigenvalue weighted by molar-refractivity contribution is 5.95. The number of carbonyl (C=O) groups is 1. The Morgan fingerprint density at radius 1 is 1.26 bits per heavy atom. The van der Waals surface area contributed by atoms with E-state index in [9.17, 15) is 4.79 Å². The predicted octanol–water partition coefficient (Wildman–Crippen LogP) is 2.45. The first-order chi connectivity index (χ1) is 9.31. The molecule has 0 aliphatic carbocycles. The van der Waals surface area contributed by atoms with Gasteiger partial charge >= 0.3 is 0 Å². The first-order valence-corrected chi connectivity index (χ1v) is 5.74. The van der Waals surface area contributed by atoms with Gasteiger partial charge in [-0.05, 0) is 12.1 Å². The van der Waals surface area contributed by atoms with Gasteiger partial charge in [-0.15, -0.1) is 0 Å². The molecule has 0 aliphatic heterocycles. The second kappa shape index (κ2) is 4.53. The molecular formula is C14H11N3O2. The summed E-state index contributed by atoms with van der Waals surface area (Å²) >= 11 is 0. The minimum atomic E-state index is 0.324. The molecule has 0 amide bonds. The quantitative estimate of drug-likeness (QED) is 0.728. The maximum Gasteiger partial charge on any atom is 0.170 e. The first-order valence-electron chi connectivity index (χ1n) is 5.74. The van der Waals surface area contributed by atoms with E-state index >= 15 is 0 Å². The van der Waals surface area contributed by atoms with Crippen LogP contribution in [-0.4, -0.2) is 28.3 Å². The summed E-state index contributed by atoms with van der Waals surface area (Å²) in [5.41, 5.74) is 2.96. The Morgan fingerprint density at radius 3 is 2.84 bits per heavy atom. The Labute approximate surface area is 109 Å². The number of ether oxygens (including phenoxy) is 1. The van der Waals surface area contributed by atoms with Gasteiger partial charge in [-0.25, -0.2) is 4.98 Å². The number of benzene rings is 1. The summed E-state index contributed by atoms with van der Waals surface area (Å²) in [6.45, 7) is 0. The van der Waals surface area contributed by atoms with Crippen LogP contribution in [0.25, 0.3) is 22.2 Å². The van der Waals surface area contributed by atoms with Gasteiger partial charge in [-0.2, -0.15) is 0 Å². The molecule has 5 heteroatoms. The summed E-state index contributed by atoms with van der Waals surface area (Å²) < 4.78 is 5.18. The molecule has 0 spiro atoms. The van der Waals surface area contributed by atoms with Crippen LogP contribution in [0.15, 0.2) is 36.8 Å². The van der Waals surface area contributed by atoms with E-state index in [1.807, 2.05) is 24.4 Å². The average molecular weight is 253 g/mol. The Bertz CT molecular complexity index is 732. The third kappa shape index (κ3) is 1.95. The van der Waals surface area contributed by atoms with Crippen molar-refractivity contribution in [3.8, 4) is 17.0 Å². The summed E-state index contributed by atoms with van der Waals surface area (Å²) in [4.78, 5) is 22.0. The van der Waals surface area contributed by atoms with Crippen LogP contribution in [0.2, 0.25) is 0 Å². The molecule has 0 bridgehead atoms. The second-order valence-electron chi connectivity index (χ2n) is 4.06. The molecule has 1 N–H and O–H groups in total. The lowest BCUT2D eigenvalue weighted by molar-refractivity contribution is 0.111. The number of carbonyl (C=O) groups excluding carboxylic acids is 1. The van der Waals surface area contributed by atoms with Crippen molar-refractivity contribution in [3.05, 3.63) is 42.5 Å². The fourth-order valence-electron chi connectivity index (χ4n) is 1.98. The Balaban J connectivity index is 2.11. The molecule has 5 nitrogen and oxygen atoms in total. The van der Waals surface area contributed by atoms with E-state index in [-0.39, 0.29) is 0 Å². The topological polar surface area (TPSA) is 67.9 Å². The van der Waals surface area contributed by atoms with Gasteiger partial charge in [-0.3, -0.25) is 9.78 Å². The van der Waals surface area contributed by atoms with E-state index in [4.69, 9.17) is 4.74 Å². The van der Waals surface area contributed by atoms with Crippen molar-refractivity contribution in [2.75, 3.05) is 7.11 Å². The highest BCUT2D eigenvalue weighted by atomic mass is 16.5. The smallest absolute Gasteiger partial charge is 0.170 e. The number of nitrogens with one attached hydrogen (secondary N) is 1. The SMILES string of the molecule is COc1ccc2c(-c3cnc(C=O)cn3)c[nH]c2c1. The molecule has 0 unspecified atom stereocenters. The molecule has 0 atom stereocenters. The van der Waals surface area contributed by atoms with Crippen molar-refractivity contribution in [2.45, 2.75) is 0 Å². The third-order valence-corrected chi connectivity index (χ3v) is 2.96. The first kappa shape index (κ1) is 11.4.